The molecule has 2 aromatic rings. The zero-order valence-corrected chi connectivity index (χ0v) is 13.0. The number of rotatable bonds is 3. The van der Waals surface area contributed by atoms with Crippen LogP contribution in [-0.4, -0.2) is 17.2 Å². The lowest BCUT2D eigenvalue weighted by Gasteiger charge is -2.18. The summed E-state index contributed by atoms with van der Waals surface area (Å²) < 4.78 is 0. The molecule has 0 spiro atoms. The molecule has 22 heavy (non-hydrogen) atoms. The second kappa shape index (κ2) is 6.43. The molecule has 0 heterocycles. The summed E-state index contributed by atoms with van der Waals surface area (Å²) in [6, 6.07) is 14.2. The van der Waals surface area contributed by atoms with E-state index >= 15 is 0 Å². The van der Waals surface area contributed by atoms with E-state index in [1.54, 1.807) is 36.4 Å². The van der Waals surface area contributed by atoms with E-state index in [1.165, 1.54) is 11.8 Å². The Morgan fingerprint density at radius 3 is 2.32 bits per heavy atom. The number of hydrogen-bond acceptors (Lipinski definition) is 3. The minimum absolute atomic E-state index is 0.0536. The number of nitrogens with one attached hydrogen (secondary N) is 1. The number of para-hydroxylation sites is 1. The van der Waals surface area contributed by atoms with Crippen molar-refractivity contribution in [3.63, 3.8) is 0 Å². The number of hydrogen-bond donors (Lipinski definition) is 2. The van der Waals surface area contributed by atoms with Crippen LogP contribution in [0.4, 0.5) is 0 Å². The molecule has 0 atom stereocenters. The standard InChI is InChI=1S/C18H20N2O2/c1-18(2,3)15-10-8-13(9-11-15)17(22)20-19-12-14-6-4-5-7-16(14)21/h4-12,21H,1-3H3,(H,20,22)/b19-12+. The zero-order chi connectivity index (χ0) is 16.2. The smallest absolute Gasteiger partial charge is 0.271 e. The zero-order valence-electron chi connectivity index (χ0n) is 13.0. The summed E-state index contributed by atoms with van der Waals surface area (Å²) in [6.07, 6.45) is 1.41. The predicted octanol–water partition coefficient (Wildman–Crippen LogP) is 3.45. The van der Waals surface area contributed by atoms with Gasteiger partial charge in [0.25, 0.3) is 5.91 Å². The van der Waals surface area contributed by atoms with Crippen LogP contribution >= 0.6 is 0 Å². The Morgan fingerprint density at radius 2 is 1.73 bits per heavy atom. The fraction of sp³-hybridized carbons (Fsp3) is 0.222. The fourth-order valence-corrected chi connectivity index (χ4v) is 1.94. The van der Waals surface area contributed by atoms with Gasteiger partial charge >= 0.3 is 0 Å². The minimum Gasteiger partial charge on any atom is -0.507 e. The van der Waals surface area contributed by atoms with Crippen LogP contribution in [0.15, 0.2) is 53.6 Å². The first kappa shape index (κ1) is 15.8. The summed E-state index contributed by atoms with van der Waals surface area (Å²) in [7, 11) is 0. The van der Waals surface area contributed by atoms with E-state index in [9.17, 15) is 9.90 Å². The minimum atomic E-state index is -0.285. The monoisotopic (exact) mass is 296 g/mol. The molecule has 0 bridgehead atoms. The van der Waals surface area contributed by atoms with Gasteiger partial charge in [-0.15, -0.1) is 0 Å². The predicted molar refractivity (Wildman–Crippen MR) is 88.3 cm³/mol. The Balaban J connectivity index is 2.02. The Kier molecular flexibility index (Phi) is 4.61. The SMILES string of the molecule is CC(C)(C)c1ccc(C(=O)N/N=C/c2ccccc2O)cc1. The molecular formula is C18H20N2O2. The van der Waals surface area contributed by atoms with E-state index in [0.717, 1.165) is 0 Å². The summed E-state index contributed by atoms with van der Waals surface area (Å²) in [5.74, 6) is -0.165. The maximum absolute atomic E-state index is 12.0. The molecule has 0 aromatic heterocycles. The molecular weight excluding hydrogens is 276 g/mol. The first-order chi connectivity index (χ1) is 10.4. The normalized spacial score (nSPS) is 11.6. The van der Waals surface area contributed by atoms with Crippen LogP contribution in [0.1, 0.15) is 42.3 Å². The second-order valence-electron chi connectivity index (χ2n) is 6.09. The lowest BCUT2D eigenvalue weighted by Crippen LogP contribution is -2.18. The van der Waals surface area contributed by atoms with E-state index in [2.05, 4.69) is 31.3 Å². The average Bonchev–Trinajstić information content (AvgIpc) is 2.48. The highest BCUT2D eigenvalue weighted by Crippen LogP contribution is 2.22. The maximum Gasteiger partial charge on any atom is 0.271 e. The van der Waals surface area contributed by atoms with Gasteiger partial charge in [0.05, 0.1) is 6.21 Å². The Hall–Kier alpha value is -2.62. The summed E-state index contributed by atoms with van der Waals surface area (Å²) in [5, 5.41) is 13.5. The third-order valence-electron chi connectivity index (χ3n) is 3.32. The van der Waals surface area contributed by atoms with E-state index in [4.69, 9.17) is 0 Å². The molecule has 4 heteroatoms. The van der Waals surface area contributed by atoms with E-state index in [1.807, 2.05) is 12.1 Å². The molecule has 0 aliphatic heterocycles. The number of carbonyl (C=O) groups is 1. The lowest BCUT2D eigenvalue weighted by atomic mass is 9.87. The van der Waals surface area contributed by atoms with Gasteiger partial charge in [0.2, 0.25) is 0 Å². The van der Waals surface area contributed by atoms with E-state index in [0.29, 0.717) is 11.1 Å². The third kappa shape index (κ3) is 3.95. The Bertz CT molecular complexity index is 683. The van der Waals surface area contributed by atoms with Crippen molar-refractivity contribution >= 4 is 12.1 Å². The number of aromatic hydroxyl groups is 1. The average molecular weight is 296 g/mol. The first-order valence-corrected chi connectivity index (χ1v) is 7.10. The van der Waals surface area contributed by atoms with Gasteiger partial charge in [0, 0.05) is 11.1 Å². The van der Waals surface area contributed by atoms with Crippen LogP contribution in [0.2, 0.25) is 0 Å². The summed E-state index contributed by atoms with van der Waals surface area (Å²) in [4.78, 5) is 12.0. The largest absolute Gasteiger partial charge is 0.507 e. The van der Waals surface area contributed by atoms with Crippen molar-refractivity contribution in [1.29, 1.82) is 0 Å². The molecule has 2 rings (SSSR count). The summed E-state index contributed by atoms with van der Waals surface area (Å²) in [5.41, 5.74) is 4.77. The molecule has 0 radical (unpaired) electrons. The van der Waals surface area contributed by atoms with E-state index in [-0.39, 0.29) is 17.1 Å². The third-order valence-corrected chi connectivity index (χ3v) is 3.32. The van der Waals surface area contributed by atoms with Crippen molar-refractivity contribution in [2.24, 2.45) is 5.10 Å². The molecule has 2 N–H and O–H groups in total. The van der Waals surface area contributed by atoms with Crippen LogP contribution in [0.5, 0.6) is 5.75 Å². The number of amides is 1. The van der Waals surface area contributed by atoms with Gasteiger partial charge in [-0.3, -0.25) is 4.79 Å². The van der Waals surface area contributed by atoms with Gasteiger partial charge in [-0.1, -0.05) is 45.0 Å². The van der Waals surface area contributed by atoms with Gasteiger partial charge in [-0.2, -0.15) is 5.10 Å². The number of carbonyl (C=O) groups excluding carboxylic acids is 1. The van der Waals surface area contributed by atoms with Crippen molar-refractivity contribution in [3.05, 3.63) is 65.2 Å². The van der Waals surface area contributed by atoms with Gasteiger partial charge in [-0.25, -0.2) is 5.43 Å². The number of nitrogens with zero attached hydrogens (tertiary/aromatic N) is 1. The summed E-state index contributed by atoms with van der Waals surface area (Å²) >= 11 is 0. The molecule has 0 unspecified atom stereocenters. The Labute approximate surface area is 130 Å². The first-order valence-electron chi connectivity index (χ1n) is 7.10. The molecule has 0 aliphatic rings. The van der Waals surface area contributed by atoms with Crippen LogP contribution in [0.25, 0.3) is 0 Å². The van der Waals surface area contributed by atoms with Crippen molar-refractivity contribution < 1.29 is 9.90 Å². The van der Waals surface area contributed by atoms with Crippen molar-refractivity contribution in [3.8, 4) is 5.75 Å². The number of hydrazone groups is 1. The van der Waals surface area contributed by atoms with Gasteiger partial charge in [0.15, 0.2) is 0 Å². The number of benzene rings is 2. The quantitative estimate of drug-likeness (QED) is 0.673. The molecule has 0 saturated heterocycles. The Morgan fingerprint density at radius 1 is 1.09 bits per heavy atom. The molecule has 2 aromatic carbocycles. The van der Waals surface area contributed by atoms with Gasteiger partial charge in [0.1, 0.15) is 5.75 Å². The number of phenolic OH excluding ortho intramolecular Hbond substituents is 1. The fourth-order valence-electron chi connectivity index (χ4n) is 1.94. The second-order valence-corrected chi connectivity index (χ2v) is 6.09. The van der Waals surface area contributed by atoms with Crippen LogP contribution in [-0.2, 0) is 5.41 Å². The molecule has 0 saturated carbocycles. The molecule has 4 nitrogen and oxygen atoms in total. The molecule has 114 valence electrons. The van der Waals surface area contributed by atoms with Crippen LogP contribution in [0, 0.1) is 0 Å². The highest BCUT2D eigenvalue weighted by Gasteiger charge is 2.14. The van der Waals surface area contributed by atoms with Crippen molar-refractivity contribution in [2.45, 2.75) is 26.2 Å². The molecule has 0 aliphatic carbocycles. The molecule has 0 fully saturated rings. The highest BCUT2D eigenvalue weighted by atomic mass is 16.3. The topological polar surface area (TPSA) is 61.7 Å². The summed E-state index contributed by atoms with van der Waals surface area (Å²) in [6.45, 7) is 6.37. The molecule has 1 amide bonds. The van der Waals surface area contributed by atoms with Crippen LogP contribution < -0.4 is 5.43 Å². The van der Waals surface area contributed by atoms with Crippen LogP contribution in [0.3, 0.4) is 0 Å². The van der Waals surface area contributed by atoms with E-state index < -0.39 is 0 Å². The van der Waals surface area contributed by atoms with Gasteiger partial charge < -0.3 is 5.11 Å². The highest BCUT2D eigenvalue weighted by molar-refractivity contribution is 5.95. The van der Waals surface area contributed by atoms with Gasteiger partial charge in [-0.05, 0) is 35.2 Å². The number of phenols is 1. The van der Waals surface area contributed by atoms with Crippen molar-refractivity contribution in [1.82, 2.24) is 5.43 Å². The lowest BCUT2D eigenvalue weighted by molar-refractivity contribution is 0.0955. The maximum atomic E-state index is 12.0. The van der Waals surface area contributed by atoms with Crippen molar-refractivity contribution in [2.75, 3.05) is 0 Å².